The number of hydrogen-bond acceptors (Lipinski definition) is 3. The minimum Gasteiger partial charge on any atom is -0.287 e. The third-order valence-electron chi connectivity index (χ3n) is 6.08. The maximum atomic E-state index is 13.3. The largest absolute Gasteiger partial charge is 0.290 e. The molecular weight excluding hydrogens is 478 g/mol. The van der Waals surface area contributed by atoms with Crippen molar-refractivity contribution >= 4 is 58.0 Å². The number of halogens is 4. The number of hydrogen-bond donors (Lipinski definition) is 1. The van der Waals surface area contributed by atoms with E-state index in [2.05, 4.69) is 5.43 Å². The van der Waals surface area contributed by atoms with Crippen molar-refractivity contribution in [2.45, 2.75) is 31.1 Å². The summed E-state index contributed by atoms with van der Waals surface area (Å²) < 4.78 is 1.82. The predicted octanol–water partition coefficient (Wildman–Crippen LogP) is 6.63. The van der Waals surface area contributed by atoms with Crippen LogP contribution in [-0.2, 0) is 0 Å². The number of nitrogens with zero attached hydrogens (tertiary/aromatic N) is 3. The molecule has 31 heavy (non-hydrogen) atoms. The Labute approximate surface area is 199 Å². The molecule has 3 aromatic rings. The first kappa shape index (κ1) is 21.0. The van der Waals surface area contributed by atoms with Gasteiger partial charge in [0.05, 0.1) is 27.1 Å². The van der Waals surface area contributed by atoms with Crippen molar-refractivity contribution in [3.63, 3.8) is 0 Å². The van der Waals surface area contributed by atoms with E-state index in [1.54, 1.807) is 42.4 Å². The zero-order valence-electron chi connectivity index (χ0n) is 16.5. The lowest BCUT2D eigenvalue weighted by molar-refractivity contribution is 0.0944. The van der Waals surface area contributed by atoms with Crippen LogP contribution >= 0.6 is 46.4 Å². The topological polar surface area (TPSA) is 50.2 Å². The van der Waals surface area contributed by atoms with Gasteiger partial charge in [-0.3, -0.25) is 15.2 Å². The average molecular weight is 496 g/mol. The third kappa shape index (κ3) is 3.58. The van der Waals surface area contributed by atoms with E-state index in [0.717, 1.165) is 36.2 Å². The summed E-state index contributed by atoms with van der Waals surface area (Å²) in [5.74, 6) is 0.426. The van der Waals surface area contributed by atoms with E-state index in [9.17, 15) is 4.79 Å². The Morgan fingerprint density at radius 2 is 1.71 bits per heavy atom. The Bertz CT molecular complexity index is 1210. The number of rotatable bonds is 4. The fourth-order valence-corrected chi connectivity index (χ4v) is 5.78. The van der Waals surface area contributed by atoms with Crippen molar-refractivity contribution in [3.8, 4) is 5.69 Å². The Balaban J connectivity index is 1.52. The van der Waals surface area contributed by atoms with Gasteiger partial charge in [-0.2, -0.15) is 5.10 Å². The van der Waals surface area contributed by atoms with Gasteiger partial charge in [0.25, 0.3) is 5.91 Å². The Morgan fingerprint density at radius 1 is 1.03 bits per heavy atom. The molecule has 0 radical (unpaired) electrons. The predicted molar refractivity (Wildman–Crippen MR) is 125 cm³/mol. The Kier molecular flexibility index (Phi) is 5.33. The van der Waals surface area contributed by atoms with E-state index >= 15 is 0 Å². The molecule has 1 saturated carbocycles. The minimum atomic E-state index is -0.291. The van der Waals surface area contributed by atoms with E-state index in [-0.39, 0.29) is 5.91 Å². The first-order chi connectivity index (χ1) is 14.8. The molecule has 0 saturated heterocycles. The molecular formula is C22H18Cl4N4O. The maximum Gasteiger partial charge on any atom is 0.290 e. The third-order valence-corrected chi connectivity index (χ3v) is 7.16. The number of carbonyl (C=O) groups excluding carboxylic acids is 1. The second kappa shape index (κ2) is 7.89. The van der Waals surface area contributed by atoms with E-state index in [0.29, 0.717) is 43.3 Å². The first-order valence-electron chi connectivity index (χ1n) is 9.91. The van der Waals surface area contributed by atoms with Crippen molar-refractivity contribution in [2.24, 2.45) is 0 Å². The van der Waals surface area contributed by atoms with Gasteiger partial charge in [-0.1, -0.05) is 46.4 Å². The van der Waals surface area contributed by atoms with Crippen molar-refractivity contribution in [3.05, 3.63) is 73.4 Å². The zero-order chi connectivity index (χ0) is 21.9. The van der Waals surface area contributed by atoms with Crippen LogP contribution < -0.4 is 10.4 Å². The van der Waals surface area contributed by atoms with Crippen LogP contribution in [0.5, 0.6) is 0 Å². The van der Waals surface area contributed by atoms with Gasteiger partial charge >= 0.3 is 0 Å². The quantitative estimate of drug-likeness (QED) is 0.413. The van der Waals surface area contributed by atoms with E-state index < -0.39 is 0 Å². The maximum absolute atomic E-state index is 13.3. The fraction of sp³-hybridized carbons (Fsp3) is 0.273. The van der Waals surface area contributed by atoms with Crippen molar-refractivity contribution in [1.82, 2.24) is 15.2 Å². The van der Waals surface area contributed by atoms with Crippen molar-refractivity contribution in [2.75, 3.05) is 12.1 Å². The SMILES string of the molecule is CN(NC(=O)c1nn(-c2ccc(Cl)cc2Cl)c2c1C1CCC2C1)c1ccc(Cl)cc1Cl. The number of carbonyl (C=O) groups is 1. The van der Waals surface area contributed by atoms with Crippen molar-refractivity contribution in [1.29, 1.82) is 0 Å². The van der Waals surface area contributed by atoms with Gasteiger partial charge in [0.1, 0.15) is 0 Å². The Morgan fingerprint density at radius 3 is 2.42 bits per heavy atom. The van der Waals surface area contributed by atoms with Crippen LogP contribution in [0.4, 0.5) is 5.69 Å². The number of nitrogens with one attached hydrogen (secondary N) is 1. The van der Waals surface area contributed by atoms with Crippen LogP contribution in [0.15, 0.2) is 36.4 Å². The molecule has 1 N–H and O–H groups in total. The molecule has 160 valence electrons. The number of benzene rings is 2. The lowest BCUT2D eigenvalue weighted by Crippen LogP contribution is -2.40. The van der Waals surface area contributed by atoms with E-state index in [1.807, 2.05) is 10.7 Å². The molecule has 5 rings (SSSR count). The standard InChI is InChI=1S/C22H18Cl4N4O/c1-29(17-6-4-13(23)9-15(17)25)28-22(31)20-19-11-2-3-12(8-11)21(19)30(27-20)18-7-5-14(24)10-16(18)26/h4-7,9-12H,2-3,8H2,1H3,(H,28,31). The summed E-state index contributed by atoms with van der Waals surface area (Å²) in [4.78, 5) is 13.3. The van der Waals surface area contributed by atoms with Crippen LogP contribution in [0.2, 0.25) is 20.1 Å². The van der Waals surface area contributed by atoms with Crippen LogP contribution in [-0.4, -0.2) is 22.7 Å². The van der Waals surface area contributed by atoms with Gasteiger partial charge in [0.15, 0.2) is 5.69 Å². The highest BCUT2D eigenvalue weighted by Gasteiger charge is 2.44. The van der Waals surface area contributed by atoms with Crippen LogP contribution in [0.3, 0.4) is 0 Å². The molecule has 9 heteroatoms. The molecule has 2 atom stereocenters. The highest BCUT2D eigenvalue weighted by molar-refractivity contribution is 6.36. The number of aromatic nitrogens is 2. The van der Waals surface area contributed by atoms with Gasteiger partial charge in [-0.05, 0) is 61.6 Å². The summed E-state index contributed by atoms with van der Waals surface area (Å²) in [6, 6.07) is 10.4. The van der Waals surface area contributed by atoms with Crippen LogP contribution in [0.1, 0.15) is 52.8 Å². The highest BCUT2D eigenvalue weighted by atomic mass is 35.5. The second-order valence-electron chi connectivity index (χ2n) is 7.96. The summed E-state index contributed by atoms with van der Waals surface area (Å²) in [7, 11) is 1.73. The molecule has 2 unspecified atom stereocenters. The molecule has 1 aromatic heterocycles. The molecule has 2 aliphatic rings. The number of amides is 1. The summed E-state index contributed by atoms with van der Waals surface area (Å²) in [6.07, 6.45) is 3.20. The van der Waals surface area contributed by atoms with Gasteiger partial charge in [0.2, 0.25) is 0 Å². The minimum absolute atomic E-state index is 0.291. The van der Waals surface area contributed by atoms with Gasteiger partial charge < -0.3 is 0 Å². The molecule has 0 spiro atoms. The number of fused-ring (bicyclic) bond motifs is 5. The smallest absolute Gasteiger partial charge is 0.287 e. The van der Waals surface area contributed by atoms with E-state index in [1.165, 1.54) is 0 Å². The van der Waals surface area contributed by atoms with Gasteiger partial charge in [-0.15, -0.1) is 0 Å². The monoisotopic (exact) mass is 494 g/mol. The Hall–Kier alpha value is -1.92. The first-order valence-corrected chi connectivity index (χ1v) is 11.4. The summed E-state index contributed by atoms with van der Waals surface area (Å²) >= 11 is 24.8. The fourth-order valence-electron chi connectivity index (χ4n) is 4.75. The molecule has 2 aliphatic carbocycles. The molecule has 5 nitrogen and oxygen atoms in total. The van der Waals surface area contributed by atoms with Crippen molar-refractivity contribution < 1.29 is 4.79 Å². The van der Waals surface area contributed by atoms with Crippen LogP contribution in [0.25, 0.3) is 5.69 Å². The zero-order valence-corrected chi connectivity index (χ0v) is 19.5. The average Bonchev–Trinajstić information content (AvgIpc) is 3.40. The highest BCUT2D eigenvalue weighted by Crippen LogP contribution is 2.55. The number of anilines is 1. The molecule has 2 aromatic carbocycles. The molecule has 0 aliphatic heterocycles. The lowest BCUT2D eigenvalue weighted by Gasteiger charge is -2.21. The van der Waals surface area contributed by atoms with Crippen LogP contribution in [0, 0.1) is 0 Å². The molecule has 1 amide bonds. The summed E-state index contributed by atoms with van der Waals surface area (Å²) in [5.41, 5.74) is 6.78. The van der Waals surface area contributed by atoms with Gasteiger partial charge in [0, 0.05) is 28.6 Å². The molecule has 1 heterocycles. The summed E-state index contributed by atoms with van der Waals surface area (Å²) in [5, 5.41) is 8.31. The number of hydrazine groups is 1. The lowest BCUT2D eigenvalue weighted by atomic mass is 9.95. The second-order valence-corrected chi connectivity index (χ2v) is 9.64. The van der Waals surface area contributed by atoms with Gasteiger partial charge in [-0.25, -0.2) is 4.68 Å². The molecule has 2 bridgehead atoms. The normalized spacial score (nSPS) is 18.9. The summed E-state index contributed by atoms with van der Waals surface area (Å²) in [6.45, 7) is 0. The molecule has 1 fully saturated rings. The van der Waals surface area contributed by atoms with E-state index in [4.69, 9.17) is 51.5 Å².